The highest BCUT2D eigenvalue weighted by molar-refractivity contribution is 9.10. The van der Waals surface area contributed by atoms with Crippen LogP contribution in [0.4, 0.5) is 0 Å². The molecule has 2 aromatic rings. The Balaban J connectivity index is 2.29. The Morgan fingerprint density at radius 2 is 2.10 bits per heavy atom. The molecule has 5 nitrogen and oxygen atoms in total. The maximum absolute atomic E-state index is 10.6. The summed E-state index contributed by atoms with van der Waals surface area (Å²) < 4.78 is 2.64. The Kier molecular flexibility index (Phi) is 4.91. The molecule has 6 heteroatoms. The van der Waals surface area contributed by atoms with Crippen molar-refractivity contribution in [3.8, 4) is 0 Å². The van der Waals surface area contributed by atoms with Crippen LogP contribution in [-0.4, -0.2) is 45.4 Å². The largest absolute Gasteiger partial charge is 0.382 e. The summed E-state index contributed by atoms with van der Waals surface area (Å²) in [7, 11) is 4.03. The van der Waals surface area contributed by atoms with Crippen molar-refractivity contribution in [2.75, 3.05) is 20.6 Å². The fourth-order valence-corrected chi connectivity index (χ4v) is 2.52. The third kappa shape index (κ3) is 3.45. The van der Waals surface area contributed by atoms with Crippen molar-refractivity contribution in [2.24, 2.45) is 0 Å². The van der Waals surface area contributed by atoms with Crippen molar-refractivity contribution in [1.82, 2.24) is 19.7 Å². The van der Waals surface area contributed by atoms with Gasteiger partial charge in [0.2, 0.25) is 0 Å². The van der Waals surface area contributed by atoms with E-state index in [2.05, 4.69) is 30.9 Å². The summed E-state index contributed by atoms with van der Waals surface area (Å²) in [6.07, 6.45) is 4.45. The Hall–Kier alpha value is -1.24. The molecule has 0 aliphatic carbocycles. The van der Waals surface area contributed by atoms with E-state index in [0.717, 1.165) is 34.4 Å². The van der Waals surface area contributed by atoms with Crippen molar-refractivity contribution >= 4 is 15.9 Å². The SMILES string of the molecule is Cc1cncc(C(O)c2c(Br)cnn2CCN(C)C)c1. The molecule has 0 spiro atoms. The van der Waals surface area contributed by atoms with Crippen LogP contribution in [0.3, 0.4) is 0 Å². The molecule has 1 atom stereocenters. The number of rotatable bonds is 5. The third-order valence-electron chi connectivity index (χ3n) is 3.06. The molecule has 0 radical (unpaired) electrons. The summed E-state index contributed by atoms with van der Waals surface area (Å²) in [5.41, 5.74) is 2.56. The second kappa shape index (κ2) is 6.47. The minimum atomic E-state index is -0.735. The predicted molar refractivity (Wildman–Crippen MR) is 81.5 cm³/mol. The number of aliphatic hydroxyl groups is 1. The summed E-state index contributed by atoms with van der Waals surface area (Å²) in [5.74, 6) is 0. The minimum absolute atomic E-state index is 0.726. The number of aryl methyl sites for hydroxylation is 1. The summed E-state index contributed by atoms with van der Waals surface area (Å²) in [6.45, 7) is 3.55. The second-order valence-electron chi connectivity index (χ2n) is 5.10. The Bertz CT molecular complexity index is 582. The zero-order valence-electron chi connectivity index (χ0n) is 11.9. The van der Waals surface area contributed by atoms with E-state index < -0.39 is 6.10 Å². The molecule has 0 aliphatic rings. The number of nitrogens with zero attached hydrogens (tertiary/aromatic N) is 4. The molecular formula is C14H19BrN4O. The molecule has 108 valence electrons. The first kappa shape index (κ1) is 15.2. The first-order valence-corrected chi connectivity index (χ1v) is 7.24. The zero-order valence-corrected chi connectivity index (χ0v) is 13.5. The number of likely N-dealkylation sites (N-methyl/N-ethyl adjacent to an activating group) is 1. The van der Waals surface area contributed by atoms with Crippen LogP contribution in [0, 0.1) is 6.92 Å². The van der Waals surface area contributed by atoms with Crippen molar-refractivity contribution in [2.45, 2.75) is 19.6 Å². The van der Waals surface area contributed by atoms with Gasteiger partial charge in [-0.3, -0.25) is 9.67 Å². The van der Waals surface area contributed by atoms with E-state index in [-0.39, 0.29) is 0 Å². The molecule has 2 aromatic heterocycles. The van der Waals surface area contributed by atoms with Crippen LogP contribution in [0.2, 0.25) is 0 Å². The van der Waals surface area contributed by atoms with E-state index in [1.54, 1.807) is 18.6 Å². The molecule has 0 saturated heterocycles. The van der Waals surface area contributed by atoms with Gasteiger partial charge in [0, 0.05) is 24.5 Å². The average molecular weight is 339 g/mol. The van der Waals surface area contributed by atoms with E-state index in [9.17, 15) is 5.11 Å². The zero-order chi connectivity index (χ0) is 14.7. The molecule has 2 heterocycles. The predicted octanol–water partition coefficient (Wildman–Crippen LogP) is 1.99. The van der Waals surface area contributed by atoms with E-state index in [1.807, 2.05) is 31.8 Å². The highest BCUT2D eigenvalue weighted by Crippen LogP contribution is 2.28. The fraction of sp³-hybridized carbons (Fsp3) is 0.429. The highest BCUT2D eigenvalue weighted by atomic mass is 79.9. The second-order valence-corrected chi connectivity index (χ2v) is 5.96. The monoisotopic (exact) mass is 338 g/mol. The van der Waals surface area contributed by atoms with Crippen molar-refractivity contribution < 1.29 is 5.11 Å². The van der Waals surface area contributed by atoms with E-state index >= 15 is 0 Å². The standard InChI is InChI=1S/C14H19BrN4O/c1-10-6-11(8-16-7-10)14(20)13-12(15)9-17-19(13)5-4-18(2)3/h6-9,14,20H,4-5H2,1-3H3. The maximum atomic E-state index is 10.6. The van der Waals surface area contributed by atoms with Crippen LogP contribution >= 0.6 is 15.9 Å². The number of hydrogen-bond acceptors (Lipinski definition) is 4. The first-order chi connectivity index (χ1) is 9.49. The molecule has 2 rings (SSSR count). The van der Waals surface area contributed by atoms with Gasteiger partial charge in [-0.05, 0) is 42.5 Å². The molecule has 1 unspecified atom stereocenters. The molecule has 0 aliphatic heterocycles. The van der Waals surface area contributed by atoms with Gasteiger partial charge < -0.3 is 10.0 Å². The first-order valence-electron chi connectivity index (χ1n) is 6.44. The van der Waals surface area contributed by atoms with E-state index in [0.29, 0.717) is 0 Å². The summed E-state index contributed by atoms with van der Waals surface area (Å²) in [5, 5.41) is 14.9. The Morgan fingerprint density at radius 1 is 1.35 bits per heavy atom. The van der Waals surface area contributed by atoms with Gasteiger partial charge in [0.25, 0.3) is 0 Å². The number of halogens is 1. The van der Waals surface area contributed by atoms with Crippen molar-refractivity contribution in [1.29, 1.82) is 0 Å². The Morgan fingerprint density at radius 3 is 2.75 bits per heavy atom. The number of aliphatic hydroxyl groups excluding tert-OH is 1. The van der Waals surface area contributed by atoms with Gasteiger partial charge >= 0.3 is 0 Å². The van der Waals surface area contributed by atoms with Crippen LogP contribution in [-0.2, 0) is 6.54 Å². The Labute approximate surface area is 127 Å². The molecule has 1 N–H and O–H groups in total. The quantitative estimate of drug-likeness (QED) is 0.905. The van der Waals surface area contributed by atoms with Gasteiger partial charge in [0.05, 0.1) is 22.9 Å². The molecule has 20 heavy (non-hydrogen) atoms. The summed E-state index contributed by atoms with van der Waals surface area (Å²) in [6, 6.07) is 1.94. The summed E-state index contributed by atoms with van der Waals surface area (Å²) in [4.78, 5) is 6.22. The van der Waals surface area contributed by atoms with Crippen LogP contribution in [0.5, 0.6) is 0 Å². The molecule has 0 saturated carbocycles. The smallest absolute Gasteiger partial charge is 0.123 e. The number of pyridine rings is 1. The molecule has 0 aromatic carbocycles. The lowest BCUT2D eigenvalue weighted by Gasteiger charge is -2.16. The van der Waals surface area contributed by atoms with Crippen LogP contribution in [0.1, 0.15) is 22.9 Å². The number of aromatic nitrogens is 3. The summed E-state index contributed by atoms with van der Waals surface area (Å²) >= 11 is 3.46. The average Bonchev–Trinajstić information content (AvgIpc) is 2.76. The normalized spacial score (nSPS) is 12.9. The number of hydrogen-bond donors (Lipinski definition) is 1. The van der Waals surface area contributed by atoms with Gasteiger partial charge in [0.15, 0.2) is 0 Å². The van der Waals surface area contributed by atoms with Gasteiger partial charge in [-0.2, -0.15) is 5.10 Å². The minimum Gasteiger partial charge on any atom is -0.382 e. The van der Waals surface area contributed by atoms with Crippen LogP contribution in [0.15, 0.2) is 29.1 Å². The lowest BCUT2D eigenvalue weighted by Crippen LogP contribution is -2.21. The fourth-order valence-electron chi connectivity index (χ4n) is 2.00. The van der Waals surface area contributed by atoms with Crippen molar-refractivity contribution in [3.05, 3.63) is 46.0 Å². The van der Waals surface area contributed by atoms with Gasteiger partial charge in [-0.25, -0.2) is 0 Å². The van der Waals surface area contributed by atoms with Gasteiger partial charge in [-0.1, -0.05) is 6.07 Å². The van der Waals surface area contributed by atoms with Crippen LogP contribution in [0.25, 0.3) is 0 Å². The molecule has 0 amide bonds. The molecule has 0 bridgehead atoms. The third-order valence-corrected chi connectivity index (χ3v) is 3.67. The van der Waals surface area contributed by atoms with Crippen LogP contribution < -0.4 is 0 Å². The van der Waals surface area contributed by atoms with E-state index in [4.69, 9.17) is 0 Å². The molecule has 0 fully saturated rings. The van der Waals surface area contributed by atoms with Gasteiger partial charge in [0.1, 0.15) is 6.10 Å². The topological polar surface area (TPSA) is 54.2 Å². The lowest BCUT2D eigenvalue weighted by molar-refractivity contribution is 0.204. The highest BCUT2D eigenvalue weighted by Gasteiger charge is 2.20. The van der Waals surface area contributed by atoms with Gasteiger partial charge in [-0.15, -0.1) is 0 Å². The van der Waals surface area contributed by atoms with E-state index in [1.165, 1.54) is 0 Å². The lowest BCUT2D eigenvalue weighted by atomic mass is 10.1. The van der Waals surface area contributed by atoms with Crippen molar-refractivity contribution in [3.63, 3.8) is 0 Å². The maximum Gasteiger partial charge on any atom is 0.123 e. The molecular weight excluding hydrogens is 320 g/mol.